The standard InChI is InChI=1S/C16H25N5O4/c17-16(18)19-8-4-7-13(15(25)20-9-12(23)10-22)21-14(24)11-5-2-1-3-6-11/h1-3,5-6,12-13,22-23H,4,7-10H2,(H,20,25)(H,21,24)(H4,17,18,19)/t12?,13-/m0/s1. The van der Waals surface area contributed by atoms with E-state index in [2.05, 4.69) is 15.6 Å². The number of hydrogen-bond donors (Lipinski definition) is 6. The van der Waals surface area contributed by atoms with Gasteiger partial charge in [-0.1, -0.05) is 18.2 Å². The third kappa shape index (κ3) is 8.13. The summed E-state index contributed by atoms with van der Waals surface area (Å²) in [6.07, 6.45) is -0.264. The molecular weight excluding hydrogens is 326 g/mol. The predicted molar refractivity (Wildman–Crippen MR) is 93.7 cm³/mol. The molecule has 0 aromatic heterocycles. The molecule has 8 N–H and O–H groups in total. The second-order valence-electron chi connectivity index (χ2n) is 5.42. The van der Waals surface area contributed by atoms with Gasteiger partial charge in [0.15, 0.2) is 5.96 Å². The Kier molecular flexibility index (Phi) is 8.97. The molecule has 1 unspecified atom stereocenters. The van der Waals surface area contributed by atoms with Crippen molar-refractivity contribution >= 4 is 17.8 Å². The SMILES string of the molecule is NC(N)=NCCC[C@H](NC(=O)c1ccccc1)C(=O)NCC(O)CO. The lowest BCUT2D eigenvalue weighted by Gasteiger charge is -2.19. The summed E-state index contributed by atoms with van der Waals surface area (Å²) in [4.78, 5) is 28.3. The fourth-order valence-electron chi connectivity index (χ4n) is 2.01. The van der Waals surface area contributed by atoms with Crippen LogP contribution in [0.1, 0.15) is 23.2 Å². The Morgan fingerprint density at radius 3 is 2.48 bits per heavy atom. The molecule has 0 fully saturated rings. The average Bonchev–Trinajstić information content (AvgIpc) is 2.62. The maximum absolute atomic E-state index is 12.3. The lowest BCUT2D eigenvalue weighted by molar-refractivity contribution is -0.123. The van der Waals surface area contributed by atoms with Gasteiger partial charge in [0.2, 0.25) is 5.91 Å². The zero-order valence-corrected chi connectivity index (χ0v) is 13.9. The molecule has 0 aliphatic rings. The van der Waals surface area contributed by atoms with Crippen LogP contribution in [0.25, 0.3) is 0 Å². The molecule has 1 rings (SSSR count). The van der Waals surface area contributed by atoms with Crippen LogP contribution in [0.3, 0.4) is 0 Å². The van der Waals surface area contributed by atoms with Gasteiger partial charge in [0.1, 0.15) is 6.04 Å². The molecule has 0 aliphatic heterocycles. The average molecular weight is 351 g/mol. The monoisotopic (exact) mass is 351 g/mol. The van der Waals surface area contributed by atoms with Gasteiger partial charge in [-0.15, -0.1) is 0 Å². The first kappa shape index (κ1) is 20.4. The van der Waals surface area contributed by atoms with Crippen LogP contribution in [0.2, 0.25) is 0 Å². The summed E-state index contributed by atoms with van der Waals surface area (Å²) in [7, 11) is 0. The number of carbonyl (C=O) groups is 2. The van der Waals surface area contributed by atoms with Gasteiger partial charge < -0.3 is 32.3 Å². The number of aliphatic hydroxyl groups excluding tert-OH is 2. The summed E-state index contributed by atoms with van der Waals surface area (Å²) in [6, 6.07) is 7.69. The second-order valence-corrected chi connectivity index (χ2v) is 5.42. The molecule has 9 heteroatoms. The van der Waals surface area contributed by atoms with Crippen LogP contribution in [-0.2, 0) is 4.79 Å². The number of nitrogens with one attached hydrogen (secondary N) is 2. The Hall–Kier alpha value is -2.65. The molecule has 25 heavy (non-hydrogen) atoms. The number of benzene rings is 1. The predicted octanol–water partition coefficient (Wildman–Crippen LogP) is -1.69. The van der Waals surface area contributed by atoms with Crippen molar-refractivity contribution in [3.8, 4) is 0 Å². The molecule has 0 saturated heterocycles. The number of nitrogens with zero attached hydrogens (tertiary/aromatic N) is 1. The maximum Gasteiger partial charge on any atom is 0.251 e. The summed E-state index contributed by atoms with van der Waals surface area (Å²) < 4.78 is 0. The van der Waals surface area contributed by atoms with Crippen molar-refractivity contribution < 1.29 is 19.8 Å². The van der Waals surface area contributed by atoms with E-state index in [1.54, 1.807) is 30.3 Å². The number of aliphatic hydroxyl groups is 2. The third-order valence-corrected chi connectivity index (χ3v) is 3.33. The van der Waals surface area contributed by atoms with E-state index in [1.165, 1.54) is 0 Å². The van der Waals surface area contributed by atoms with E-state index >= 15 is 0 Å². The van der Waals surface area contributed by atoms with Crippen molar-refractivity contribution in [2.45, 2.75) is 25.0 Å². The fraction of sp³-hybridized carbons (Fsp3) is 0.438. The van der Waals surface area contributed by atoms with Crippen LogP contribution in [-0.4, -0.2) is 59.8 Å². The van der Waals surface area contributed by atoms with Crippen molar-refractivity contribution in [2.24, 2.45) is 16.5 Å². The Morgan fingerprint density at radius 2 is 1.88 bits per heavy atom. The minimum absolute atomic E-state index is 0.0413. The summed E-state index contributed by atoms with van der Waals surface area (Å²) in [5.41, 5.74) is 10.9. The smallest absolute Gasteiger partial charge is 0.251 e. The van der Waals surface area contributed by atoms with E-state index < -0.39 is 24.7 Å². The number of guanidine groups is 1. The number of nitrogens with two attached hydrogens (primary N) is 2. The highest BCUT2D eigenvalue weighted by Crippen LogP contribution is 2.03. The van der Waals surface area contributed by atoms with E-state index in [0.717, 1.165) is 0 Å². The van der Waals surface area contributed by atoms with Crippen LogP contribution >= 0.6 is 0 Å². The lowest BCUT2D eigenvalue weighted by Crippen LogP contribution is -2.48. The van der Waals surface area contributed by atoms with E-state index in [0.29, 0.717) is 24.9 Å². The largest absolute Gasteiger partial charge is 0.394 e. The Bertz CT molecular complexity index is 575. The molecule has 0 radical (unpaired) electrons. The first-order chi connectivity index (χ1) is 11.9. The van der Waals surface area contributed by atoms with Crippen molar-refractivity contribution in [2.75, 3.05) is 19.7 Å². The van der Waals surface area contributed by atoms with Gasteiger partial charge in [0, 0.05) is 18.7 Å². The second kappa shape index (κ2) is 11.0. The van der Waals surface area contributed by atoms with Crippen LogP contribution in [0.5, 0.6) is 0 Å². The zero-order chi connectivity index (χ0) is 18.7. The quantitative estimate of drug-likeness (QED) is 0.167. The van der Waals surface area contributed by atoms with E-state index in [9.17, 15) is 14.7 Å². The minimum Gasteiger partial charge on any atom is -0.394 e. The molecule has 0 saturated carbocycles. The van der Waals surface area contributed by atoms with Crippen LogP contribution < -0.4 is 22.1 Å². The Labute approximate surface area is 146 Å². The maximum atomic E-state index is 12.3. The number of hydrogen-bond acceptors (Lipinski definition) is 5. The van der Waals surface area contributed by atoms with Gasteiger partial charge in [-0.25, -0.2) is 0 Å². The fourth-order valence-corrected chi connectivity index (χ4v) is 2.01. The molecule has 9 nitrogen and oxygen atoms in total. The van der Waals surface area contributed by atoms with Gasteiger partial charge in [-0.3, -0.25) is 14.6 Å². The molecule has 0 bridgehead atoms. The molecule has 0 aliphatic carbocycles. The van der Waals surface area contributed by atoms with Gasteiger partial charge in [0.25, 0.3) is 5.91 Å². The first-order valence-corrected chi connectivity index (χ1v) is 7.92. The zero-order valence-electron chi connectivity index (χ0n) is 13.9. The van der Waals surface area contributed by atoms with Crippen LogP contribution in [0, 0.1) is 0 Å². The van der Waals surface area contributed by atoms with Crippen molar-refractivity contribution in [1.82, 2.24) is 10.6 Å². The van der Waals surface area contributed by atoms with Crippen molar-refractivity contribution in [3.05, 3.63) is 35.9 Å². The normalized spacial score (nSPS) is 12.7. The van der Waals surface area contributed by atoms with E-state index in [1.807, 2.05) is 0 Å². The number of carbonyl (C=O) groups excluding carboxylic acids is 2. The molecule has 1 aromatic carbocycles. The van der Waals surface area contributed by atoms with Gasteiger partial charge in [0.05, 0.1) is 12.7 Å². The number of rotatable bonds is 10. The minimum atomic E-state index is -1.06. The molecule has 0 heterocycles. The van der Waals surface area contributed by atoms with Crippen molar-refractivity contribution in [3.63, 3.8) is 0 Å². The highest BCUT2D eigenvalue weighted by atomic mass is 16.3. The highest BCUT2D eigenvalue weighted by Gasteiger charge is 2.21. The summed E-state index contributed by atoms with van der Waals surface area (Å²) in [5, 5.41) is 23.3. The third-order valence-electron chi connectivity index (χ3n) is 3.33. The van der Waals surface area contributed by atoms with Gasteiger partial charge in [-0.05, 0) is 25.0 Å². The number of aliphatic imine (C=N–C) groups is 1. The molecule has 1 aromatic rings. The lowest BCUT2D eigenvalue weighted by atomic mass is 10.1. The van der Waals surface area contributed by atoms with Crippen LogP contribution in [0.4, 0.5) is 0 Å². The van der Waals surface area contributed by atoms with E-state index in [4.69, 9.17) is 16.6 Å². The molecule has 138 valence electrons. The summed E-state index contributed by atoms with van der Waals surface area (Å²) in [5.74, 6) is -0.882. The van der Waals surface area contributed by atoms with Gasteiger partial charge in [-0.2, -0.15) is 0 Å². The topological polar surface area (TPSA) is 163 Å². The van der Waals surface area contributed by atoms with Crippen LogP contribution in [0.15, 0.2) is 35.3 Å². The first-order valence-electron chi connectivity index (χ1n) is 7.92. The summed E-state index contributed by atoms with van der Waals surface area (Å²) >= 11 is 0. The number of amides is 2. The van der Waals surface area contributed by atoms with Gasteiger partial charge >= 0.3 is 0 Å². The molecule has 0 spiro atoms. The Morgan fingerprint density at radius 1 is 1.20 bits per heavy atom. The Balaban J connectivity index is 2.67. The van der Waals surface area contributed by atoms with Crippen molar-refractivity contribution in [1.29, 1.82) is 0 Å². The summed E-state index contributed by atoms with van der Waals surface area (Å²) in [6.45, 7) is -0.251. The molecule has 2 atom stereocenters. The van der Waals surface area contributed by atoms with E-state index in [-0.39, 0.29) is 18.4 Å². The molecular formula is C16H25N5O4. The highest BCUT2D eigenvalue weighted by molar-refractivity contribution is 5.97. The molecule has 2 amide bonds.